The van der Waals surface area contributed by atoms with Crippen LogP contribution in [0.4, 0.5) is 0 Å². The molecule has 0 aliphatic heterocycles. The van der Waals surface area contributed by atoms with Crippen LogP contribution in [0, 0.1) is 0 Å². The van der Waals surface area contributed by atoms with Gasteiger partial charge in [-0.15, -0.1) is 0 Å². The molecular formula is C8H14NO4. The van der Waals surface area contributed by atoms with Crippen LogP contribution in [0.2, 0.25) is 0 Å². The molecule has 0 fully saturated rings. The van der Waals surface area contributed by atoms with E-state index >= 15 is 0 Å². The van der Waals surface area contributed by atoms with Crippen molar-refractivity contribution in [1.29, 1.82) is 0 Å². The van der Waals surface area contributed by atoms with Crippen molar-refractivity contribution in [3.05, 3.63) is 0 Å². The minimum atomic E-state index is -0.819. The molecule has 0 atom stereocenters. The Morgan fingerprint density at radius 2 is 1.31 bits per heavy atom. The van der Waals surface area contributed by atoms with E-state index in [2.05, 4.69) is 5.32 Å². The zero-order valence-corrected chi connectivity index (χ0v) is 7.40. The number of hydrogen-bond acceptors (Lipinski definition) is 2. The topological polar surface area (TPSA) is 88.7 Å². The van der Waals surface area contributed by atoms with E-state index in [0.717, 1.165) is 0 Å². The first-order chi connectivity index (χ1) is 6.13. The van der Waals surface area contributed by atoms with Gasteiger partial charge in [0.25, 0.3) is 0 Å². The van der Waals surface area contributed by atoms with Crippen LogP contribution in [0.15, 0.2) is 0 Å². The highest BCUT2D eigenvalue weighted by molar-refractivity contribution is 5.66. The highest BCUT2D eigenvalue weighted by atomic mass is 16.4. The van der Waals surface area contributed by atoms with Gasteiger partial charge in [0.15, 0.2) is 0 Å². The lowest BCUT2D eigenvalue weighted by Gasteiger charge is -1.98. The minimum Gasteiger partial charge on any atom is -0.481 e. The average molecular weight is 188 g/mol. The van der Waals surface area contributed by atoms with Crippen LogP contribution in [0.5, 0.6) is 0 Å². The van der Waals surface area contributed by atoms with Crippen molar-refractivity contribution >= 4 is 11.9 Å². The molecule has 0 aromatic carbocycles. The summed E-state index contributed by atoms with van der Waals surface area (Å²) in [6.07, 6.45) is 1.32. The van der Waals surface area contributed by atoms with Gasteiger partial charge in [0.05, 0.1) is 0 Å². The predicted molar refractivity (Wildman–Crippen MR) is 45.6 cm³/mol. The van der Waals surface area contributed by atoms with Crippen LogP contribution in [0.1, 0.15) is 25.7 Å². The summed E-state index contributed by atoms with van der Waals surface area (Å²) in [6, 6.07) is 0. The van der Waals surface area contributed by atoms with Gasteiger partial charge in [-0.3, -0.25) is 9.59 Å². The molecule has 0 aliphatic carbocycles. The monoisotopic (exact) mass is 188 g/mol. The zero-order chi connectivity index (χ0) is 10.1. The molecular weight excluding hydrogens is 174 g/mol. The van der Waals surface area contributed by atoms with Gasteiger partial charge in [0, 0.05) is 25.9 Å². The largest absolute Gasteiger partial charge is 0.481 e. The molecule has 1 radical (unpaired) electrons. The van der Waals surface area contributed by atoms with Gasteiger partial charge in [-0.2, -0.15) is 0 Å². The maximum Gasteiger partial charge on any atom is 0.303 e. The summed E-state index contributed by atoms with van der Waals surface area (Å²) in [5.41, 5.74) is 0. The Bertz CT molecular complexity index is 152. The normalized spacial score (nSPS) is 9.85. The molecule has 0 aliphatic rings. The van der Waals surface area contributed by atoms with Crippen LogP contribution >= 0.6 is 0 Å². The van der Waals surface area contributed by atoms with Gasteiger partial charge in [-0.1, -0.05) is 0 Å². The molecule has 0 amide bonds. The van der Waals surface area contributed by atoms with Gasteiger partial charge >= 0.3 is 11.9 Å². The van der Waals surface area contributed by atoms with E-state index in [9.17, 15) is 9.59 Å². The Morgan fingerprint density at radius 1 is 0.923 bits per heavy atom. The van der Waals surface area contributed by atoms with Gasteiger partial charge in [-0.25, -0.2) is 5.32 Å². The van der Waals surface area contributed by atoms with E-state index in [0.29, 0.717) is 25.9 Å². The number of carboxylic acid groups (broad SMARTS) is 2. The summed E-state index contributed by atoms with van der Waals surface area (Å²) in [4.78, 5) is 20.1. The van der Waals surface area contributed by atoms with Crippen molar-refractivity contribution in [2.75, 3.05) is 13.1 Å². The Morgan fingerprint density at radius 3 is 1.62 bits per heavy atom. The molecule has 0 aromatic heterocycles. The fraction of sp³-hybridized carbons (Fsp3) is 0.750. The number of carboxylic acids is 2. The Labute approximate surface area is 76.8 Å². The maximum absolute atomic E-state index is 10.1. The van der Waals surface area contributed by atoms with E-state index in [4.69, 9.17) is 10.2 Å². The SMILES string of the molecule is O=C(O)CCC[N]CCCC(=O)O. The summed E-state index contributed by atoms with van der Waals surface area (Å²) in [5, 5.41) is 20.5. The molecule has 75 valence electrons. The summed E-state index contributed by atoms with van der Waals surface area (Å²) in [7, 11) is 0. The van der Waals surface area contributed by atoms with Gasteiger partial charge in [0.1, 0.15) is 0 Å². The van der Waals surface area contributed by atoms with E-state index in [-0.39, 0.29) is 12.8 Å². The molecule has 0 unspecified atom stereocenters. The molecule has 0 bridgehead atoms. The van der Waals surface area contributed by atoms with E-state index < -0.39 is 11.9 Å². The number of nitrogens with zero attached hydrogens (tertiary/aromatic N) is 1. The summed E-state index contributed by atoms with van der Waals surface area (Å²) < 4.78 is 0. The van der Waals surface area contributed by atoms with Crippen molar-refractivity contribution < 1.29 is 19.8 Å². The Hall–Kier alpha value is -1.10. The zero-order valence-electron chi connectivity index (χ0n) is 7.40. The molecule has 0 saturated carbocycles. The van der Waals surface area contributed by atoms with Crippen LogP contribution in [0.3, 0.4) is 0 Å². The first-order valence-corrected chi connectivity index (χ1v) is 4.20. The first-order valence-electron chi connectivity index (χ1n) is 4.20. The second-order valence-corrected chi connectivity index (χ2v) is 2.67. The average Bonchev–Trinajstić information content (AvgIpc) is 2.01. The molecule has 5 heteroatoms. The quantitative estimate of drug-likeness (QED) is 0.537. The smallest absolute Gasteiger partial charge is 0.303 e. The lowest BCUT2D eigenvalue weighted by Crippen LogP contribution is -2.11. The molecule has 0 heterocycles. The third-order valence-electron chi connectivity index (χ3n) is 1.41. The predicted octanol–water partition coefficient (Wildman–Crippen LogP) is 0.320. The number of carbonyl (C=O) groups is 2. The van der Waals surface area contributed by atoms with E-state index in [1.54, 1.807) is 0 Å². The number of rotatable bonds is 8. The lowest BCUT2D eigenvalue weighted by atomic mass is 10.3. The van der Waals surface area contributed by atoms with Crippen LogP contribution in [-0.4, -0.2) is 35.2 Å². The molecule has 13 heavy (non-hydrogen) atoms. The summed E-state index contributed by atoms with van der Waals surface area (Å²) >= 11 is 0. The van der Waals surface area contributed by atoms with Crippen molar-refractivity contribution in [3.8, 4) is 0 Å². The van der Waals surface area contributed by atoms with Gasteiger partial charge in [-0.05, 0) is 12.8 Å². The Kier molecular flexibility index (Phi) is 6.91. The van der Waals surface area contributed by atoms with Gasteiger partial charge < -0.3 is 10.2 Å². The maximum atomic E-state index is 10.1. The van der Waals surface area contributed by atoms with Crippen molar-refractivity contribution in [2.24, 2.45) is 0 Å². The number of aliphatic carboxylic acids is 2. The van der Waals surface area contributed by atoms with Crippen LogP contribution in [0.25, 0.3) is 0 Å². The number of hydrogen-bond donors (Lipinski definition) is 2. The minimum absolute atomic E-state index is 0.127. The first kappa shape index (κ1) is 11.9. The van der Waals surface area contributed by atoms with Crippen molar-refractivity contribution in [2.45, 2.75) is 25.7 Å². The molecule has 5 nitrogen and oxygen atoms in total. The van der Waals surface area contributed by atoms with E-state index in [1.165, 1.54) is 0 Å². The standard InChI is InChI=1S/C8H14NO4/c10-7(11)3-1-5-9-6-2-4-8(12)13/h1-6H2,(H,10,11)(H,12,13). The molecule has 0 saturated heterocycles. The highest BCUT2D eigenvalue weighted by Crippen LogP contribution is 1.90. The Balaban J connectivity index is 3.00. The lowest BCUT2D eigenvalue weighted by molar-refractivity contribution is -0.138. The second-order valence-electron chi connectivity index (χ2n) is 2.67. The van der Waals surface area contributed by atoms with Crippen molar-refractivity contribution in [1.82, 2.24) is 5.32 Å². The third-order valence-corrected chi connectivity index (χ3v) is 1.41. The molecule has 0 spiro atoms. The van der Waals surface area contributed by atoms with Crippen LogP contribution in [-0.2, 0) is 9.59 Å². The fourth-order valence-corrected chi connectivity index (χ4v) is 0.796. The highest BCUT2D eigenvalue weighted by Gasteiger charge is 1.98. The van der Waals surface area contributed by atoms with Crippen LogP contribution < -0.4 is 5.32 Å². The fourth-order valence-electron chi connectivity index (χ4n) is 0.796. The summed E-state index contributed by atoms with van der Waals surface area (Å²) in [5.74, 6) is -1.64. The van der Waals surface area contributed by atoms with Crippen molar-refractivity contribution in [3.63, 3.8) is 0 Å². The summed E-state index contributed by atoms with van der Waals surface area (Å²) in [6.45, 7) is 1.01. The third kappa shape index (κ3) is 10.9. The molecule has 2 N–H and O–H groups in total. The van der Waals surface area contributed by atoms with Gasteiger partial charge in [0.2, 0.25) is 0 Å². The molecule has 0 rings (SSSR count). The molecule has 0 aromatic rings. The second kappa shape index (κ2) is 7.54. The van der Waals surface area contributed by atoms with E-state index in [1.807, 2.05) is 0 Å².